The van der Waals surface area contributed by atoms with E-state index in [1.807, 2.05) is 24.7 Å². The minimum Gasteiger partial charge on any atom is -0.478 e. The van der Waals surface area contributed by atoms with Crippen LogP contribution in [0, 0.1) is 6.92 Å². The molecule has 15 heavy (non-hydrogen) atoms. The van der Waals surface area contributed by atoms with Gasteiger partial charge in [0.05, 0.1) is 10.6 Å². The monoisotopic (exact) mass is 224 g/mol. The summed E-state index contributed by atoms with van der Waals surface area (Å²) in [4.78, 5) is 14.9. The summed E-state index contributed by atoms with van der Waals surface area (Å²) in [6, 6.07) is 0. The van der Waals surface area contributed by atoms with E-state index in [0.717, 1.165) is 5.56 Å². The highest BCUT2D eigenvalue weighted by atomic mass is 35.5. The Bertz CT molecular complexity index is 560. The van der Waals surface area contributed by atoms with Gasteiger partial charge in [0.25, 0.3) is 0 Å². The molecule has 78 valence electrons. The fourth-order valence-electron chi connectivity index (χ4n) is 1.66. The lowest BCUT2D eigenvalue weighted by molar-refractivity contribution is 0.0697. The number of aromatic carboxylic acids is 1. The zero-order chi connectivity index (χ0) is 11.2. The Morgan fingerprint density at radius 3 is 2.87 bits per heavy atom. The van der Waals surface area contributed by atoms with Crippen molar-refractivity contribution in [3.8, 4) is 0 Å². The van der Waals surface area contributed by atoms with Crippen LogP contribution in [0.1, 0.15) is 15.9 Å². The Morgan fingerprint density at radius 2 is 2.27 bits per heavy atom. The fraction of sp³-hybridized carbons (Fsp3) is 0.200. The first-order valence-electron chi connectivity index (χ1n) is 4.35. The molecule has 0 aromatic carbocycles. The number of hydrogen-bond acceptors (Lipinski definition) is 2. The lowest BCUT2D eigenvalue weighted by Crippen LogP contribution is -1.99. The molecule has 4 nitrogen and oxygen atoms in total. The second-order valence-corrected chi connectivity index (χ2v) is 3.79. The van der Waals surface area contributed by atoms with Crippen molar-refractivity contribution in [3.63, 3.8) is 0 Å². The van der Waals surface area contributed by atoms with Crippen molar-refractivity contribution in [2.45, 2.75) is 6.92 Å². The Balaban J connectivity index is 2.89. The van der Waals surface area contributed by atoms with Crippen molar-refractivity contribution in [2.24, 2.45) is 7.05 Å². The number of fused-ring (bicyclic) bond motifs is 1. The van der Waals surface area contributed by atoms with E-state index in [1.54, 1.807) is 0 Å². The predicted molar refractivity (Wildman–Crippen MR) is 57.4 cm³/mol. The zero-order valence-corrected chi connectivity index (χ0v) is 9.04. The van der Waals surface area contributed by atoms with Gasteiger partial charge in [-0.2, -0.15) is 0 Å². The number of pyridine rings is 1. The molecule has 0 spiro atoms. The first kappa shape index (κ1) is 9.98. The Hall–Kier alpha value is -1.55. The van der Waals surface area contributed by atoms with Gasteiger partial charge in [0, 0.05) is 24.8 Å². The van der Waals surface area contributed by atoms with Crippen LogP contribution >= 0.6 is 11.6 Å². The molecule has 2 aromatic rings. The van der Waals surface area contributed by atoms with Gasteiger partial charge < -0.3 is 9.67 Å². The van der Waals surface area contributed by atoms with Crippen LogP contribution in [0.2, 0.25) is 5.02 Å². The first-order valence-corrected chi connectivity index (χ1v) is 4.73. The number of nitrogens with zero attached hydrogens (tertiary/aromatic N) is 2. The van der Waals surface area contributed by atoms with Gasteiger partial charge in [0.2, 0.25) is 0 Å². The largest absolute Gasteiger partial charge is 0.478 e. The summed E-state index contributed by atoms with van der Waals surface area (Å²) in [6.07, 6.45) is 3.15. The van der Waals surface area contributed by atoms with E-state index in [0.29, 0.717) is 11.0 Å². The molecule has 5 heteroatoms. The van der Waals surface area contributed by atoms with Gasteiger partial charge in [-0.25, -0.2) is 9.78 Å². The molecule has 0 atom stereocenters. The number of halogens is 1. The van der Waals surface area contributed by atoms with Crippen molar-refractivity contribution in [1.82, 2.24) is 9.55 Å². The normalized spacial score (nSPS) is 10.9. The van der Waals surface area contributed by atoms with Gasteiger partial charge in [-0.1, -0.05) is 11.6 Å². The maximum Gasteiger partial charge on any atom is 0.338 e. The first-order chi connectivity index (χ1) is 7.02. The summed E-state index contributed by atoms with van der Waals surface area (Å²) >= 11 is 6.02. The smallest absolute Gasteiger partial charge is 0.338 e. The molecule has 2 rings (SSSR count). The van der Waals surface area contributed by atoms with E-state index in [9.17, 15) is 4.79 Å². The van der Waals surface area contributed by atoms with Gasteiger partial charge in [-0.15, -0.1) is 0 Å². The molecule has 0 aliphatic rings. The molecular formula is C10H9ClN2O2. The van der Waals surface area contributed by atoms with Crippen LogP contribution in [-0.2, 0) is 7.05 Å². The van der Waals surface area contributed by atoms with E-state index in [1.165, 1.54) is 6.20 Å². The van der Waals surface area contributed by atoms with Gasteiger partial charge >= 0.3 is 5.97 Å². The molecule has 0 unspecified atom stereocenters. The molecule has 0 bridgehead atoms. The molecule has 0 fully saturated rings. The van der Waals surface area contributed by atoms with Crippen LogP contribution in [0.4, 0.5) is 0 Å². The van der Waals surface area contributed by atoms with Gasteiger partial charge in [0.1, 0.15) is 5.65 Å². The van der Waals surface area contributed by atoms with Gasteiger partial charge in [0.15, 0.2) is 0 Å². The standard InChI is InChI=1S/C10H9ClN2O2/c1-5-4-13(2)9-7(5)8(11)6(3-12-9)10(14)15/h3-4H,1-2H3,(H,14,15). The highest BCUT2D eigenvalue weighted by molar-refractivity contribution is 6.38. The van der Waals surface area contributed by atoms with Crippen molar-refractivity contribution in [3.05, 3.63) is 28.5 Å². The molecule has 0 saturated heterocycles. The third-order valence-electron chi connectivity index (χ3n) is 2.34. The van der Waals surface area contributed by atoms with Gasteiger partial charge in [-0.05, 0) is 12.5 Å². The molecule has 0 aliphatic carbocycles. The van der Waals surface area contributed by atoms with E-state index in [2.05, 4.69) is 4.98 Å². The van der Waals surface area contributed by atoms with E-state index in [4.69, 9.17) is 16.7 Å². The average molecular weight is 225 g/mol. The average Bonchev–Trinajstić information content (AvgIpc) is 2.43. The highest BCUT2D eigenvalue weighted by Crippen LogP contribution is 2.29. The summed E-state index contributed by atoms with van der Waals surface area (Å²) < 4.78 is 1.82. The molecule has 1 N–H and O–H groups in total. The Kier molecular flexibility index (Phi) is 2.16. The van der Waals surface area contributed by atoms with Crippen LogP contribution in [0.5, 0.6) is 0 Å². The van der Waals surface area contributed by atoms with E-state index < -0.39 is 5.97 Å². The summed E-state index contributed by atoms with van der Waals surface area (Å²) in [5, 5.41) is 9.85. The molecule has 2 heterocycles. The van der Waals surface area contributed by atoms with Crippen LogP contribution in [-0.4, -0.2) is 20.6 Å². The number of aryl methyl sites for hydroxylation is 2. The summed E-state index contributed by atoms with van der Waals surface area (Å²) in [7, 11) is 1.85. The molecule has 0 amide bonds. The van der Waals surface area contributed by atoms with Crippen molar-refractivity contribution in [1.29, 1.82) is 0 Å². The number of carboxylic acids is 1. The second-order valence-electron chi connectivity index (χ2n) is 3.41. The van der Waals surface area contributed by atoms with Crippen LogP contribution < -0.4 is 0 Å². The molecule has 0 saturated carbocycles. The SMILES string of the molecule is Cc1cn(C)c2ncc(C(=O)O)c(Cl)c12. The van der Waals surface area contributed by atoms with Crippen LogP contribution in [0.15, 0.2) is 12.4 Å². The topological polar surface area (TPSA) is 55.1 Å². The third kappa shape index (κ3) is 1.37. The number of rotatable bonds is 1. The lowest BCUT2D eigenvalue weighted by atomic mass is 10.2. The molecule has 0 aliphatic heterocycles. The maximum atomic E-state index is 10.9. The number of aromatic nitrogens is 2. The summed E-state index contributed by atoms with van der Waals surface area (Å²) in [6.45, 7) is 1.88. The van der Waals surface area contributed by atoms with Crippen molar-refractivity contribution < 1.29 is 9.90 Å². The Morgan fingerprint density at radius 1 is 1.60 bits per heavy atom. The van der Waals surface area contributed by atoms with Crippen LogP contribution in [0.3, 0.4) is 0 Å². The van der Waals surface area contributed by atoms with Crippen molar-refractivity contribution in [2.75, 3.05) is 0 Å². The van der Waals surface area contributed by atoms with E-state index in [-0.39, 0.29) is 10.6 Å². The maximum absolute atomic E-state index is 10.9. The highest BCUT2D eigenvalue weighted by Gasteiger charge is 2.16. The summed E-state index contributed by atoms with van der Waals surface area (Å²) in [5.74, 6) is -1.06. The number of hydrogen-bond donors (Lipinski definition) is 1. The van der Waals surface area contributed by atoms with Crippen molar-refractivity contribution >= 4 is 28.6 Å². The predicted octanol–water partition coefficient (Wildman–Crippen LogP) is 2.23. The van der Waals surface area contributed by atoms with Crippen LogP contribution in [0.25, 0.3) is 11.0 Å². The molecular weight excluding hydrogens is 216 g/mol. The Labute approximate surface area is 91.1 Å². The fourth-order valence-corrected chi connectivity index (χ4v) is 2.03. The van der Waals surface area contributed by atoms with Gasteiger partial charge in [-0.3, -0.25) is 0 Å². The minimum atomic E-state index is -1.06. The molecule has 2 aromatic heterocycles. The third-order valence-corrected chi connectivity index (χ3v) is 2.73. The molecule has 0 radical (unpaired) electrons. The zero-order valence-electron chi connectivity index (χ0n) is 8.28. The summed E-state index contributed by atoms with van der Waals surface area (Å²) in [5.41, 5.74) is 1.66. The lowest BCUT2D eigenvalue weighted by Gasteiger charge is -2.01. The van der Waals surface area contributed by atoms with E-state index >= 15 is 0 Å². The quantitative estimate of drug-likeness (QED) is 0.808. The minimum absolute atomic E-state index is 0.0402. The second kappa shape index (κ2) is 3.24. The number of carbonyl (C=O) groups is 1. The number of carboxylic acid groups (broad SMARTS) is 1.